The third-order valence-corrected chi connectivity index (χ3v) is 6.03. The minimum Gasteiger partial charge on any atom is -0.463 e. The molecule has 1 amide bonds. The summed E-state index contributed by atoms with van der Waals surface area (Å²) in [6.45, 7) is 0. The topological polar surface area (TPSA) is 119 Å². The number of carbonyl (C=O) groups excluding carboxylic acids is 1. The molecule has 0 aliphatic heterocycles. The van der Waals surface area contributed by atoms with E-state index in [9.17, 15) is 24.1 Å². The van der Waals surface area contributed by atoms with E-state index in [0.29, 0.717) is 21.2 Å². The van der Waals surface area contributed by atoms with Gasteiger partial charge in [0.1, 0.15) is 17.7 Å². The molecule has 2 heterocycles. The lowest BCUT2D eigenvalue weighted by molar-refractivity contribution is -0.384. The van der Waals surface area contributed by atoms with Gasteiger partial charge in [0, 0.05) is 17.7 Å². The summed E-state index contributed by atoms with van der Waals surface area (Å²) in [5, 5.41) is 16.7. The molecule has 2 aromatic heterocycles. The van der Waals surface area contributed by atoms with E-state index < -0.39 is 16.6 Å². The van der Waals surface area contributed by atoms with Gasteiger partial charge >= 0.3 is 0 Å². The number of hydrogen-bond acceptors (Lipinski definition) is 8. The van der Waals surface area contributed by atoms with Crippen LogP contribution in [0.1, 0.15) is 15.9 Å². The number of para-hydroxylation sites is 1. The van der Waals surface area contributed by atoms with Crippen LogP contribution in [0, 0.1) is 15.9 Å². The molecule has 0 bridgehead atoms. The van der Waals surface area contributed by atoms with Crippen molar-refractivity contribution in [3.05, 3.63) is 110 Å². The van der Waals surface area contributed by atoms with Crippen molar-refractivity contribution in [1.29, 1.82) is 0 Å². The highest BCUT2D eigenvalue weighted by Gasteiger charge is 2.23. The van der Waals surface area contributed by atoms with E-state index in [1.54, 1.807) is 24.3 Å². The van der Waals surface area contributed by atoms with Crippen LogP contribution in [0.3, 0.4) is 0 Å². The number of carbonyl (C=O) groups is 1. The average Bonchev–Trinajstić information content (AvgIpc) is 3.28. The van der Waals surface area contributed by atoms with Crippen LogP contribution < -0.4 is 10.4 Å². The Morgan fingerprint density at radius 2 is 1.97 bits per heavy atom. The molecule has 0 aliphatic rings. The normalized spacial score (nSPS) is 11.3. The zero-order valence-corrected chi connectivity index (χ0v) is 18.4. The molecule has 0 saturated heterocycles. The molecule has 0 saturated carbocycles. The van der Waals surface area contributed by atoms with E-state index in [0.717, 1.165) is 28.6 Å². The van der Waals surface area contributed by atoms with Gasteiger partial charge in [-0.1, -0.05) is 29.5 Å². The summed E-state index contributed by atoms with van der Waals surface area (Å²) in [5.74, 6) is -1.20. The molecule has 35 heavy (non-hydrogen) atoms. The largest absolute Gasteiger partial charge is 0.463 e. The first-order valence-electron chi connectivity index (χ1n) is 10.1. The third kappa shape index (κ3) is 4.27. The lowest BCUT2D eigenvalue weighted by Gasteiger charge is -2.13. The number of hydrazone groups is 1. The number of amides is 1. The van der Waals surface area contributed by atoms with Gasteiger partial charge in [0.15, 0.2) is 0 Å². The number of nitrogens with zero attached hydrogens (tertiary/aromatic N) is 4. The van der Waals surface area contributed by atoms with Crippen molar-refractivity contribution < 1.29 is 18.5 Å². The van der Waals surface area contributed by atoms with Gasteiger partial charge in [-0.2, -0.15) is 10.1 Å². The monoisotopic (exact) mass is 488 g/mol. The van der Waals surface area contributed by atoms with Gasteiger partial charge in [0.05, 0.1) is 32.3 Å². The van der Waals surface area contributed by atoms with Gasteiger partial charge < -0.3 is 4.42 Å². The highest BCUT2D eigenvalue weighted by molar-refractivity contribution is 7.22. The number of nitro benzene ring substituents is 1. The molecule has 0 N–H and O–H groups in total. The zero-order chi connectivity index (χ0) is 24.5. The first-order valence-corrected chi connectivity index (χ1v) is 10.9. The number of thiazole rings is 1. The molecule has 5 rings (SSSR count). The molecule has 9 nitrogen and oxygen atoms in total. The number of rotatable bonds is 5. The maximum absolute atomic E-state index is 13.7. The number of aromatic nitrogens is 1. The molecule has 0 fully saturated rings. The second-order valence-electron chi connectivity index (χ2n) is 7.29. The molecule has 11 heteroatoms. The van der Waals surface area contributed by atoms with E-state index in [1.807, 2.05) is 0 Å². The Morgan fingerprint density at radius 3 is 2.80 bits per heavy atom. The Labute approximate surface area is 199 Å². The van der Waals surface area contributed by atoms with Gasteiger partial charge in [-0.3, -0.25) is 19.7 Å². The van der Waals surface area contributed by atoms with E-state index in [4.69, 9.17) is 4.42 Å². The summed E-state index contributed by atoms with van der Waals surface area (Å²) in [7, 11) is 0. The minimum atomic E-state index is -0.727. The first kappa shape index (κ1) is 22.0. The van der Waals surface area contributed by atoms with Crippen molar-refractivity contribution in [1.82, 2.24) is 4.98 Å². The fraction of sp³-hybridized carbons (Fsp3) is 0. The predicted molar refractivity (Wildman–Crippen MR) is 130 cm³/mol. The van der Waals surface area contributed by atoms with Gasteiger partial charge in [0.2, 0.25) is 10.6 Å². The van der Waals surface area contributed by atoms with Crippen LogP contribution in [0.4, 0.5) is 15.2 Å². The number of nitro groups is 1. The van der Waals surface area contributed by atoms with Crippen molar-refractivity contribution in [2.45, 2.75) is 0 Å². The maximum Gasteiger partial charge on any atom is 0.281 e. The number of halogens is 1. The molecule has 0 spiro atoms. The van der Waals surface area contributed by atoms with Crippen molar-refractivity contribution in [2.75, 3.05) is 5.01 Å². The first-order chi connectivity index (χ1) is 16.9. The summed E-state index contributed by atoms with van der Waals surface area (Å²) in [4.78, 5) is 41.1. The van der Waals surface area contributed by atoms with Crippen LogP contribution in [0.5, 0.6) is 0 Å². The van der Waals surface area contributed by atoms with Crippen molar-refractivity contribution >= 4 is 55.5 Å². The zero-order valence-electron chi connectivity index (χ0n) is 17.6. The summed E-state index contributed by atoms with van der Waals surface area (Å²) in [6.07, 6.45) is 2.37. The number of benzene rings is 3. The Morgan fingerprint density at radius 1 is 1.14 bits per heavy atom. The van der Waals surface area contributed by atoms with Crippen LogP contribution in [0.2, 0.25) is 0 Å². The Bertz CT molecular complexity index is 1710. The van der Waals surface area contributed by atoms with Crippen molar-refractivity contribution in [2.24, 2.45) is 5.10 Å². The highest BCUT2D eigenvalue weighted by Crippen LogP contribution is 2.31. The van der Waals surface area contributed by atoms with Crippen LogP contribution >= 0.6 is 11.3 Å². The van der Waals surface area contributed by atoms with Crippen molar-refractivity contribution in [3.8, 4) is 0 Å². The number of anilines is 1. The minimum absolute atomic E-state index is 0.0210. The summed E-state index contributed by atoms with van der Waals surface area (Å²) < 4.78 is 19.6. The Kier molecular flexibility index (Phi) is 5.59. The molecule has 0 unspecified atom stereocenters. The quantitative estimate of drug-likeness (QED) is 0.192. The van der Waals surface area contributed by atoms with Crippen LogP contribution in [-0.2, 0) is 0 Å². The standard InChI is InChI=1S/C24H13FN4O5S/c25-16-8-9-19-21(11-16)35-24(27-19)28(23(31)14-4-3-5-17(10-14)29(32)33)26-12-15-13-34-20-7-2-1-6-18(20)22(15)30/h1-13H/b26-12+. The summed E-state index contributed by atoms with van der Waals surface area (Å²) in [6, 6.07) is 15.8. The van der Waals surface area contributed by atoms with Gasteiger partial charge in [0.25, 0.3) is 11.6 Å². The molecular formula is C24H13FN4O5S. The lowest BCUT2D eigenvalue weighted by atomic mass is 10.2. The van der Waals surface area contributed by atoms with Gasteiger partial charge in [-0.05, 0) is 36.4 Å². The maximum atomic E-state index is 13.7. The molecule has 172 valence electrons. The predicted octanol–water partition coefficient (Wildman–Crippen LogP) is 5.13. The summed E-state index contributed by atoms with van der Waals surface area (Å²) >= 11 is 1.000. The summed E-state index contributed by atoms with van der Waals surface area (Å²) in [5.41, 5.74) is 0.252. The Hall–Kier alpha value is -4.77. The average molecular weight is 488 g/mol. The van der Waals surface area contributed by atoms with E-state index in [2.05, 4.69) is 10.1 Å². The van der Waals surface area contributed by atoms with Gasteiger partial charge in [-0.15, -0.1) is 0 Å². The van der Waals surface area contributed by atoms with E-state index in [1.165, 1.54) is 42.7 Å². The molecule has 5 aromatic rings. The smallest absolute Gasteiger partial charge is 0.281 e. The van der Waals surface area contributed by atoms with Gasteiger partial charge in [-0.25, -0.2) is 9.37 Å². The SMILES string of the molecule is O=C(c1cccc([N+](=O)[O-])c1)N(/N=C/c1coc2ccccc2c1=O)c1nc2ccc(F)cc2s1. The molecule has 0 radical (unpaired) electrons. The second kappa shape index (κ2) is 8.88. The molecular weight excluding hydrogens is 475 g/mol. The van der Waals surface area contributed by atoms with Crippen LogP contribution in [0.25, 0.3) is 21.2 Å². The Balaban J connectivity index is 1.61. The fourth-order valence-electron chi connectivity index (χ4n) is 3.34. The number of non-ortho nitro benzene ring substituents is 1. The van der Waals surface area contributed by atoms with Crippen molar-refractivity contribution in [3.63, 3.8) is 0 Å². The van der Waals surface area contributed by atoms with Crippen LogP contribution in [0.15, 0.2) is 87.3 Å². The third-order valence-electron chi connectivity index (χ3n) is 5.04. The lowest BCUT2D eigenvalue weighted by Crippen LogP contribution is -2.26. The fourth-order valence-corrected chi connectivity index (χ4v) is 4.29. The highest BCUT2D eigenvalue weighted by atomic mass is 32.1. The van der Waals surface area contributed by atoms with Crippen LogP contribution in [-0.4, -0.2) is 22.0 Å². The number of hydrogen-bond donors (Lipinski definition) is 0. The van der Waals surface area contributed by atoms with E-state index in [-0.39, 0.29) is 27.4 Å². The number of fused-ring (bicyclic) bond motifs is 2. The second-order valence-corrected chi connectivity index (χ2v) is 8.30. The molecule has 3 aromatic carbocycles. The molecule has 0 atom stereocenters. The molecule has 0 aliphatic carbocycles. The van der Waals surface area contributed by atoms with E-state index >= 15 is 0 Å².